The van der Waals surface area contributed by atoms with Gasteiger partial charge in [-0.05, 0) is 102 Å². The van der Waals surface area contributed by atoms with Crippen molar-refractivity contribution in [2.45, 2.75) is 170 Å². The number of ether oxygens (including phenoxy) is 2. The number of nitrogens with one attached hydrogen (secondary N) is 1. The molecule has 3 atom stereocenters. The minimum atomic E-state index is -2.32. The number of unbranched alkanes of at least 4 members (excludes halogenated alkanes) is 2. The maximum absolute atomic E-state index is 15.3. The normalized spacial score (nSPS) is 17.0. The summed E-state index contributed by atoms with van der Waals surface area (Å²) in [6.07, 6.45) is 0.571. The molecule has 2 aromatic rings. The molecule has 1 saturated heterocycles. The Morgan fingerprint density at radius 1 is 0.883 bits per heavy atom. The Morgan fingerprint density at radius 3 is 2.00 bits per heavy atom. The van der Waals surface area contributed by atoms with Crippen LogP contribution in [0.1, 0.15) is 120 Å². The van der Waals surface area contributed by atoms with Crippen LogP contribution in [0, 0.1) is 12.3 Å². The van der Waals surface area contributed by atoms with E-state index in [0.717, 1.165) is 21.7 Å². The minimum absolute atomic E-state index is 0.0342. The molecule has 1 aromatic heterocycles. The molecule has 13 nitrogen and oxygen atoms in total. The average Bonchev–Trinajstić information content (AvgIpc) is 3.73. The molecule has 0 radical (unpaired) electrons. The Labute approximate surface area is 365 Å². The summed E-state index contributed by atoms with van der Waals surface area (Å²) in [5.74, 6) is -0.701. The van der Waals surface area contributed by atoms with Gasteiger partial charge in [-0.3, -0.25) is 14.5 Å². The second-order valence-electron chi connectivity index (χ2n) is 20.6. The van der Waals surface area contributed by atoms with Gasteiger partial charge in [0.15, 0.2) is 8.32 Å². The summed E-state index contributed by atoms with van der Waals surface area (Å²) < 4.78 is 18.6. The predicted octanol–water partition coefficient (Wildman–Crippen LogP) is 8.78. The summed E-state index contributed by atoms with van der Waals surface area (Å²) in [4.78, 5) is 67.5. The number of likely N-dealkylation sites (tertiary alicyclic amines) is 1. The summed E-state index contributed by atoms with van der Waals surface area (Å²) in [6, 6.07) is 6.08. The lowest BCUT2D eigenvalue weighted by atomic mass is 9.84. The molecule has 338 valence electrons. The van der Waals surface area contributed by atoms with Crippen molar-refractivity contribution in [2.75, 3.05) is 32.8 Å². The molecule has 4 amide bonds. The lowest BCUT2D eigenvalue weighted by molar-refractivity contribution is -0.146. The van der Waals surface area contributed by atoms with Crippen molar-refractivity contribution in [3.05, 3.63) is 41.0 Å². The highest BCUT2D eigenvalue weighted by Crippen LogP contribution is 2.40. The average molecular weight is 874 g/mol. The van der Waals surface area contributed by atoms with Gasteiger partial charge in [0.05, 0.1) is 22.2 Å². The van der Waals surface area contributed by atoms with E-state index in [1.165, 1.54) is 4.90 Å². The number of aliphatic hydroxyl groups is 1. The van der Waals surface area contributed by atoms with E-state index in [1.54, 1.807) is 62.7 Å². The van der Waals surface area contributed by atoms with E-state index < -0.39 is 61.2 Å². The lowest BCUT2D eigenvalue weighted by Crippen LogP contribution is -2.60. The first-order valence-corrected chi connectivity index (χ1v) is 25.2. The van der Waals surface area contributed by atoms with E-state index in [-0.39, 0.29) is 43.7 Å². The summed E-state index contributed by atoms with van der Waals surface area (Å²) in [6.45, 7) is 30.0. The smallest absolute Gasteiger partial charge is 0.411 e. The first-order valence-electron chi connectivity index (χ1n) is 21.4. The number of aliphatic hydroxyl groups excluding tert-OH is 1. The van der Waals surface area contributed by atoms with Gasteiger partial charge in [-0.15, -0.1) is 11.3 Å². The standard InChI is InChI=1S/C45H75N5O8SSi/c1-31-36(59-30-47-31)33-21-19-32(20-22-33)28-46-38(52)35-27-34(58-60(14,15)45(11,12)13)29-50(35)39(53)37(42(2,3)4)49(41(55)57-44(8,9)10)25-24-48(23-17-16-18-26-51)40(54)56-43(5,6)7/h19-22,30,34-35,37,51H,16-18,23-29H2,1-15H3,(H,46,52)/t34-,35+,37-/m1/s1. The maximum atomic E-state index is 15.3. The van der Waals surface area contributed by atoms with Crippen LogP contribution in [0.5, 0.6) is 0 Å². The molecule has 60 heavy (non-hydrogen) atoms. The molecule has 0 aliphatic carbocycles. The zero-order valence-corrected chi connectivity index (χ0v) is 41.0. The van der Waals surface area contributed by atoms with Gasteiger partial charge in [0.2, 0.25) is 11.8 Å². The molecule has 15 heteroatoms. The number of benzene rings is 1. The number of aryl methyl sites for hydroxylation is 1. The summed E-state index contributed by atoms with van der Waals surface area (Å²) in [7, 11) is -2.32. The second-order valence-corrected chi connectivity index (χ2v) is 26.2. The predicted molar refractivity (Wildman–Crippen MR) is 241 cm³/mol. The topological polar surface area (TPSA) is 151 Å². The molecule has 1 aliphatic heterocycles. The zero-order chi connectivity index (χ0) is 45.4. The molecule has 0 unspecified atom stereocenters. The number of hydrogen-bond acceptors (Lipinski definition) is 10. The molecule has 0 saturated carbocycles. The Balaban J connectivity index is 2.01. The molecular formula is C45H75N5O8SSi. The monoisotopic (exact) mass is 874 g/mol. The van der Waals surface area contributed by atoms with Crippen molar-refractivity contribution in [1.82, 2.24) is 25.0 Å². The van der Waals surface area contributed by atoms with Gasteiger partial charge in [-0.2, -0.15) is 0 Å². The van der Waals surface area contributed by atoms with Gasteiger partial charge in [0.25, 0.3) is 0 Å². The Kier molecular flexibility index (Phi) is 17.4. The number of hydrogen-bond donors (Lipinski definition) is 2. The molecule has 2 N–H and O–H groups in total. The fourth-order valence-corrected chi connectivity index (χ4v) is 9.01. The van der Waals surface area contributed by atoms with Crippen LogP contribution in [0.15, 0.2) is 29.8 Å². The summed E-state index contributed by atoms with van der Waals surface area (Å²) >= 11 is 1.58. The van der Waals surface area contributed by atoms with E-state index in [9.17, 15) is 19.5 Å². The van der Waals surface area contributed by atoms with E-state index in [0.29, 0.717) is 32.2 Å². The second kappa shape index (κ2) is 20.6. The minimum Gasteiger partial charge on any atom is -0.444 e. The van der Waals surface area contributed by atoms with Crippen LogP contribution < -0.4 is 5.32 Å². The fourth-order valence-electron chi connectivity index (χ4n) is 6.84. The van der Waals surface area contributed by atoms with Gasteiger partial charge in [0.1, 0.15) is 23.3 Å². The third-order valence-corrected chi connectivity index (χ3v) is 16.4. The van der Waals surface area contributed by atoms with Crippen LogP contribution >= 0.6 is 11.3 Å². The Morgan fingerprint density at radius 2 is 1.48 bits per heavy atom. The SMILES string of the molecule is Cc1ncsc1-c1ccc(CNC(=O)[C@@H]2C[C@@H](O[Si](C)(C)C(C)(C)C)CN2C(=O)[C@@H](N(CCN(CCCCCO)C(=O)OC(C)(C)C)C(=O)OC(C)(C)C)C(C)(C)C)cc1. The van der Waals surface area contributed by atoms with Crippen molar-refractivity contribution >= 4 is 43.7 Å². The molecule has 1 fully saturated rings. The van der Waals surface area contributed by atoms with Crippen LogP contribution in [0.3, 0.4) is 0 Å². The Bertz CT molecular complexity index is 1740. The third-order valence-electron chi connectivity index (χ3n) is 10.9. The van der Waals surface area contributed by atoms with Crippen LogP contribution in [0.4, 0.5) is 9.59 Å². The van der Waals surface area contributed by atoms with Crippen LogP contribution in [-0.2, 0) is 30.0 Å². The van der Waals surface area contributed by atoms with E-state index in [1.807, 2.05) is 57.5 Å². The van der Waals surface area contributed by atoms with E-state index in [4.69, 9.17) is 13.9 Å². The van der Waals surface area contributed by atoms with Gasteiger partial charge in [0, 0.05) is 45.8 Å². The van der Waals surface area contributed by atoms with Crippen molar-refractivity contribution in [1.29, 1.82) is 0 Å². The first kappa shape index (κ1) is 50.8. The molecule has 1 aliphatic rings. The van der Waals surface area contributed by atoms with Crippen molar-refractivity contribution in [3.8, 4) is 10.4 Å². The van der Waals surface area contributed by atoms with Crippen molar-refractivity contribution in [3.63, 3.8) is 0 Å². The molecule has 0 bridgehead atoms. The molecule has 0 spiro atoms. The lowest BCUT2D eigenvalue weighted by Gasteiger charge is -2.42. The Hall–Kier alpha value is -3.53. The summed E-state index contributed by atoms with van der Waals surface area (Å²) in [5.41, 5.74) is 2.29. The number of thiazole rings is 1. The van der Waals surface area contributed by atoms with Crippen LogP contribution in [-0.4, -0.2) is 119 Å². The van der Waals surface area contributed by atoms with E-state index in [2.05, 4.69) is 44.2 Å². The summed E-state index contributed by atoms with van der Waals surface area (Å²) in [5, 5.41) is 12.4. The number of aromatic nitrogens is 1. The quantitative estimate of drug-likeness (QED) is 0.125. The van der Waals surface area contributed by atoms with Gasteiger partial charge < -0.3 is 34.1 Å². The highest BCUT2D eigenvalue weighted by Gasteiger charge is 2.50. The number of amides is 4. The van der Waals surface area contributed by atoms with Crippen LogP contribution in [0.25, 0.3) is 10.4 Å². The molecule has 3 rings (SSSR count). The van der Waals surface area contributed by atoms with E-state index >= 15 is 4.79 Å². The zero-order valence-electron chi connectivity index (χ0n) is 39.2. The number of nitrogens with zero attached hydrogens (tertiary/aromatic N) is 4. The molecule has 2 heterocycles. The molecule has 1 aromatic carbocycles. The number of rotatable bonds is 16. The van der Waals surface area contributed by atoms with Gasteiger partial charge >= 0.3 is 12.2 Å². The van der Waals surface area contributed by atoms with Gasteiger partial charge in [-0.25, -0.2) is 14.6 Å². The van der Waals surface area contributed by atoms with Crippen molar-refractivity contribution in [2.24, 2.45) is 5.41 Å². The highest BCUT2D eigenvalue weighted by molar-refractivity contribution is 7.13. The number of carbonyl (C=O) groups excluding carboxylic acids is 4. The maximum Gasteiger partial charge on any atom is 0.411 e. The number of carbonyl (C=O) groups is 4. The largest absolute Gasteiger partial charge is 0.444 e. The third kappa shape index (κ3) is 14.8. The van der Waals surface area contributed by atoms with Crippen LogP contribution in [0.2, 0.25) is 18.1 Å². The van der Waals surface area contributed by atoms with Crippen molar-refractivity contribution < 1.29 is 38.2 Å². The fraction of sp³-hybridized carbons (Fsp3) is 0.711. The molecular weight excluding hydrogens is 799 g/mol. The first-order chi connectivity index (χ1) is 27.5. The van der Waals surface area contributed by atoms with Gasteiger partial charge in [-0.1, -0.05) is 65.8 Å². The highest BCUT2D eigenvalue weighted by atomic mass is 32.1.